The minimum absolute atomic E-state index is 0.124. The number of benzene rings is 1. The van der Waals surface area contributed by atoms with Gasteiger partial charge in [-0.3, -0.25) is 4.79 Å². The maximum Gasteiger partial charge on any atom is 0.230 e. The summed E-state index contributed by atoms with van der Waals surface area (Å²) >= 11 is 6.16. The van der Waals surface area contributed by atoms with Crippen LogP contribution in [-0.2, 0) is 4.79 Å². The topological polar surface area (TPSA) is 38.3 Å². The molecule has 5 rings (SSSR count). The van der Waals surface area contributed by atoms with Crippen molar-refractivity contribution in [2.75, 3.05) is 12.4 Å². The maximum atomic E-state index is 12.9. The fourth-order valence-corrected chi connectivity index (χ4v) is 5.65. The summed E-state index contributed by atoms with van der Waals surface area (Å²) in [6.07, 6.45) is 7.28. The number of hydrogen-bond donors (Lipinski definition) is 1. The Morgan fingerprint density at radius 3 is 2.27 bits per heavy atom. The summed E-state index contributed by atoms with van der Waals surface area (Å²) in [5.74, 6) is 3.16. The van der Waals surface area contributed by atoms with Gasteiger partial charge in [-0.05, 0) is 74.5 Å². The number of carbonyl (C=O) groups is 1. The van der Waals surface area contributed by atoms with Crippen molar-refractivity contribution in [2.45, 2.75) is 38.5 Å². The number of amides is 1. The average Bonchev–Trinajstić information content (AvgIpc) is 2.46. The molecule has 0 saturated heterocycles. The Bertz CT molecular complexity index is 578. The van der Waals surface area contributed by atoms with E-state index in [1.54, 1.807) is 19.2 Å². The number of halogens is 1. The highest BCUT2D eigenvalue weighted by molar-refractivity contribution is 6.32. The first kappa shape index (κ1) is 14.4. The highest BCUT2D eigenvalue weighted by Gasteiger charge is 2.54. The van der Waals surface area contributed by atoms with Crippen LogP contribution in [0.2, 0.25) is 5.02 Å². The summed E-state index contributed by atoms with van der Waals surface area (Å²) in [5.41, 5.74) is 0.646. The second-order valence-electron chi connectivity index (χ2n) is 7.50. The maximum absolute atomic E-state index is 12.9. The number of nitrogens with one attached hydrogen (secondary N) is 1. The van der Waals surface area contributed by atoms with Gasteiger partial charge in [0.25, 0.3) is 0 Å². The lowest BCUT2D eigenvalue weighted by Gasteiger charge is -2.55. The van der Waals surface area contributed by atoms with Gasteiger partial charge in [-0.1, -0.05) is 11.6 Å². The van der Waals surface area contributed by atoms with Crippen LogP contribution in [0.15, 0.2) is 18.2 Å². The summed E-state index contributed by atoms with van der Waals surface area (Å²) in [6.45, 7) is 0. The van der Waals surface area contributed by atoms with Gasteiger partial charge in [-0.25, -0.2) is 0 Å². The first-order chi connectivity index (χ1) is 10.6. The van der Waals surface area contributed by atoms with E-state index in [1.165, 1.54) is 19.3 Å². The second-order valence-corrected chi connectivity index (χ2v) is 7.91. The molecule has 118 valence electrons. The molecular formula is C18H22ClNO2. The molecule has 1 aromatic carbocycles. The average molecular weight is 320 g/mol. The molecule has 0 atom stereocenters. The van der Waals surface area contributed by atoms with Gasteiger partial charge in [0.1, 0.15) is 5.75 Å². The first-order valence-electron chi connectivity index (χ1n) is 8.23. The van der Waals surface area contributed by atoms with E-state index in [0.717, 1.165) is 42.7 Å². The standard InChI is InChI=1S/C18H22ClNO2/c1-22-16-3-2-14(7-15(16)19)20-17(21)18-8-11-4-12(9-18)6-13(5-11)10-18/h2-3,7,11-13H,4-6,8-10H2,1H3,(H,20,21). The Hall–Kier alpha value is -1.22. The third-order valence-electron chi connectivity index (χ3n) is 5.93. The van der Waals surface area contributed by atoms with Crippen LogP contribution in [-0.4, -0.2) is 13.0 Å². The van der Waals surface area contributed by atoms with Gasteiger partial charge < -0.3 is 10.1 Å². The SMILES string of the molecule is COc1ccc(NC(=O)C23CC4CC(CC(C4)C2)C3)cc1Cl. The summed E-state index contributed by atoms with van der Waals surface area (Å²) < 4.78 is 5.16. The molecule has 4 aliphatic rings. The molecule has 4 saturated carbocycles. The monoisotopic (exact) mass is 319 g/mol. The predicted molar refractivity (Wildman–Crippen MR) is 87.2 cm³/mol. The van der Waals surface area contributed by atoms with Crippen molar-refractivity contribution in [1.82, 2.24) is 0 Å². The van der Waals surface area contributed by atoms with Gasteiger partial charge in [0.2, 0.25) is 5.91 Å². The molecule has 4 fully saturated rings. The van der Waals surface area contributed by atoms with E-state index < -0.39 is 0 Å². The lowest BCUT2D eigenvalue weighted by molar-refractivity contribution is -0.140. The summed E-state index contributed by atoms with van der Waals surface area (Å²) in [5, 5.41) is 3.65. The van der Waals surface area contributed by atoms with Crippen LogP contribution in [0, 0.1) is 23.2 Å². The van der Waals surface area contributed by atoms with E-state index in [9.17, 15) is 4.79 Å². The molecule has 3 nitrogen and oxygen atoms in total. The van der Waals surface area contributed by atoms with Crippen molar-refractivity contribution >= 4 is 23.2 Å². The Kier molecular flexibility index (Phi) is 3.37. The lowest BCUT2D eigenvalue weighted by atomic mass is 9.49. The molecule has 0 aliphatic heterocycles. The fraction of sp³-hybridized carbons (Fsp3) is 0.611. The molecule has 1 amide bonds. The number of hydrogen-bond acceptors (Lipinski definition) is 2. The number of methoxy groups -OCH3 is 1. The number of rotatable bonds is 3. The molecule has 1 aromatic rings. The van der Waals surface area contributed by atoms with Crippen LogP contribution < -0.4 is 10.1 Å². The van der Waals surface area contributed by atoms with Crippen molar-refractivity contribution < 1.29 is 9.53 Å². The smallest absolute Gasteiger partial charge is 0.230 e. The molecule has 0 spiro atoms. The van der Waals surface area contributed by atoms with Crippen LogP contribution in [0.25, 0.3) is 0 Å². The second kappa shape index (κ2) is 5.16. The van der Waals surface area contributed by atoms with Gasteiger partial charge in [0.05, 0.1) is 17.5 Å². The minimum atomic E-state index is -0.124. The Labute approximate surface area is 136 Å². The molecular weight excluding hydrogens is 298 g/mol. The van der Waals surface area contributed by atoms with Gasteiger partial charge in [-0.15, -0.1) is 0 Å². The van der Waals surface area contributed by atoms with E-state index in [-0.39, 0.29) is 11.3 Å². The van der Waals surface area contributed by atoms with E-state index in [0.29, 0.717) is 10.8 Å². The van der Waals surface area contributed by atoms with E-state index in [2.05, 4.69) is 5.32 Å². The van der Waals surface area contributed by atoms with Crippen LogP contribution >= 0.6 is 11.6 Å². The Balaban J connectivity index is 1.54. The number of carbonyl (C=O) groups excluding carboxylic acids is 1. The van der Waals surface area contributed by atoms with Gasteiger partial charge >= 0.3 is 0 Å². The van der Waals surface area contributed by atoms with Crippen LogP contribution in [0.4, 0.5) is 5.69 Å². The molecule has 0 aromatic heterocycles. The van der Waals surface area contributed by atoms with E-state index in [4.69, 9.17) is 16.3 Å². The normalized spacial score (nSPS) is 35.5. The molecule has 4 heteroatoms. The summed E-state index contributed by atoms with van der Waals surface area (Å²) in [6, 6.07) is 5.44. The van der Waals surface area contributed by atoms with Crippen molar-refractivity contribution in [1.29, 1.82) is 0 Å². The molecule has 4 bridgehead atoms. The molecule has 22 heavy (non-hydrogen) atoms. The number of anilines is 1. The summed E-state index contributed by atoms with van der Waals surface area (Å²) in [7, 11) is 1.59. The molecule has 0 unspecified atom stereocenters. The highest BCUT2D eigenvalue weighted by atomic mass is 35.5. The number of ether oxygens (including phenoxy) is 1. The Morgan fingerprint density at radius 1 is 1.18 bits per heavy atom. The highest BCUT2D eigenvalue weighted by Crippen LogP contribution is 2.60. The van der Waals surface area contributed by atoms with Crippen LogP contribution in [0.1, 0.15) is 38.5 Å². The fourth-order valence-electron chi connectivity index (χ4n) is 5.40. The summed E-state index contributed by atoms with van der Waals surface area (Å²) in [4.78, 5) is 12.9. The van der Waals surface area contributed by atoms with Gasteiger partial charge in [-0.2, -0.15) is 0 Å². The van der Waals surface area contributed by atoms with Gasteiger partial charge in [0, 0.05) is 5.69 Å². The zero-order valence-corrected chi connectivity index (χ0v) is 13.7. The Morgan fingerprint density at radius 2 is 1.77 bits per heavy atom. The molecule has 0 radical (unpaired) electrons. The largest absolute Gasteiger partial charge is 0.495 e. The third-order valence-corrected chi connectivity index (χ3v) is 6.22. The first-order valence-corrected chi connectivity index (χ1v) is 8.61. The molecule has 1 N–H and O–H groups in total. The van der Waals surface area contributed by atoms with Gasteiger partial charge in [0.15, 0.2) is 0 Å². The minimum Gasteiger partial charge on any atom is -0.495 e. The predicted octanol–water partition coefficient (Wildman–Crippen LogP) is 4.50. The van der Waals surface area contributed by atoms with Crippen molar-refractivity contribution in [2.24, 2.45) is 23.2 Å². The quantitative estimate of drug-likeness (QED) is 0.890. The third kappa shape index (κ3) is 2.30. The van der Waals surface area contributed by atoms with Crippen molar-refractivity contribution in [3.8, 4) is 5.75 Å². The van der Waals surface area contributed by atoms with E-state index in [1.807, 2.05) is 6.07 Å². The van der Waals surface area contributed by atoms with Crippen molar-refractivity contribution in [3.63, 3.8) is 0 Å². The zero-order chi connectivity index (χ0) is 15.3. The van der Waals surface area contributed by atoms with Crippen LogP contribution in [0.5, 0.6) is 5.75 Å². The zero-order valence-electron chi connectivity index (χ0n) is 12.9. The van der Waals surface area contributed by atoms with Crippen molar-refractivity contribution in [3.05, 3.63) is 23.2 Å². The van der Waals surface area contributed by atoms with Crippen LogP contribution in [0.3, 0.4) is 0 Å². The lowest BCUT2D eigenvalue weighted by Crippen LogP contribution is -2.51. The molecule has 4 aliphatic carbocycles. The molecule has 0 heterocycles. The van der Waals surface area contributed by atoms with E-state index >= 15 is 0 Å².